The van der Waals surface area contributed by atoms with Gasteiger partial charge in [0.1, 0.15) is 0 Å². The van der Waals surface area contributed by atoms with Gasteiger partial charge in [0.25, 0.3) is 5.91 Å². The molecule has 9 nitrogen and oxygen atoms in total. The molecular formula is C20H18N4O5. The minimum atomic E-state index is -0.365. The van der Waals surface area contributed by atoms with Crippen LogP contribution in [0.5, 0.6) is 23.0 Å². The quantitative estimate of drug-likeness (QED) is 0.492. The lowest BCUT2D eigenvalue weighted by Crippen LogP contribution is -2.17. The van der Waals surface area contributed by atoms with Crippen molar-refractivity contribution < 1.29 is 23.7 Å². The molecule has 1 aromatic heterocycles. The van der Waals surface area contributed by atoms with Crippen molar-refractivity contribution in [3.05, 3.63) is 53.7 Å². The monoisotopic (exact) mass is 394 g/mol. The molecule has 1 amide bonds. The molecule has 0 atom stereocenters. The summed E-state index contributed by atoms with van der Waals surface area (Å²) in [5.41, 5.74) is 5.17. The van der Waals surface area contributed by atoms with Crippen LogP contribution in [-0.2, 0) is 0 Å². The second-order valence-electron chi connectivity index (χ2n) is 6.04. The number of fused-ring (bicyclic) bond motifs is 1. The molecule has 0 fully saturated rings. The summed E-state index contributed by atoms with van der Waals surface area (Å²) in [6.07, 6.45) is 3.13. The summed E-state index contributed by atoms with van der Waals surface area (Å²) in [5.74, 6) is 2.01. The third kappa shape index (κ3) is 3.70. The molecule has 148 valence electrons. The number of hydrogen-bond acceptors (Lipinski definition) is 7. The highest BCUT2D eigenvalue weighted by Crippen LogP contribution is 2.33. The minimum Gasteiger partial charge on any atom is -0.493 e. The predicted octanol–water partition coefficient (Wildman–Crippen LogP) is 2.59. The lowest BCUT2D eigenvalue weighted by atomic mass is 10.1. The largest absolute Gasteiger partial charge is 0.493 e. The van der Waals surface area contributed by atoms with E-state index in [1.54, 1.807) is 44.7 Å². The Morgan fingerprint density at radius 2 is 1.97 bits per heavy atom. The molecule has 0 aliphatic carbocycles. The van der Waals surface area contributed by atoms with Crippen molar-refractivity contribution in [1.82, 2.24) is 15.6 Å². The van der Waals surface area contributed by atoms with E-state index in [0.29, 0.717) is 34.1 Å². The number of carbonyl (C=O) groups excluding carboxylic acids is 1. The molecule has 2 N–H and O–H groups in total. The predicted molar refractivity (Wildman–Crippen MR) is 105 cm³/mol. The molecule has 0 radical (unpaired) electrons. The standard InChI is InChI=1S/C20H18N4O5/c1-26-15-5-3-12(7-17(15)27-2)19-14(9-21-23-19)10-22-24-20(25)13-4-6-16-18(8-13)29-11-28-16/h3-10H,11H2,1-2H3,(H,21,23)(H,24,25). The van der Waals surface area contributed by atoms with Gasteiger partial charge in [-0.25, -0.2) is 5.43 Å². The third-order valence-corrected chi connectivity index (χ3v) is 4.35. The Kier molecular flexibility index (Phi) is 5.02. The number of hydrogen-bond donors (Lipinski definition) is 2. The number of rotatable bonds is 6. The van der Waals surface area contributed by atoms with Crippen molar-refractivity contribution in [2.24, 2.45) is 5.10 Å². The molecule has 29 heavy (non-hydrogen) atoms. The minimum absolute atomic E-state index is 0.151. The van der Waals surface area contributed by atoms with Crippen LogP contribution < -0.4 is 24.4 Å². The lowest BCUT2D eigenvalue weighted by molar-refractivity contribution is 0.0954. The molecule has 0 bridgehead atoms. The summed E-state index contributed by atoms with van der Waals surface area (Å²) in [7, 11) is 3.15. The Hall–Kier alpha value is -4.01. The maximum absolute atomic E-state index is 12.3. The van der Waals surface area contributed by atoms with Gasteiger partial charge < -0.3 is 18.9 Å². The normalized spacial score (nSPS) is 12.2. The average molecular weight is 394 g/mol. The first kappa shape index (κ1) is 18.4. The number of H-pyrrole nitrogens is 1. The summed E-state index contributed by atoms with van der Waals surface area (Å²) in [4.78, 5) is 12.3. The Labute approximate surface area is 166 Å². The lowest BCUT2D eigenvalue weighted by Gasteiger charge is -2.09. The molecular weight excluding hydrogens is 376 g/mol. The van der Waals surface area contributed by atoms with Crippen molar-refractivity contribution in [2.75, 3.05) is 21.0 Å². The number of carbonyl (C=O) groups is 1. The fourth-order valence-electron chi connectivity index (χ4n) is 2.88. The van der Waals surface area contributed by atoms with Crippen molar-refractivity contribution in [1.29, 1.82) is 0 Å². The van der Waals surface area contributed by atoms with E-state index >= 15 is 0 Å². The van der Waals surface area contributed by atoms with E-state index in [1.807, 2.05) is 12.1 Å². The van der Waals surface area contributed by atoms with Gasteiger partial charge in [-0.15, -0.1) is 0 Å². The van der Waals surface area contributed by atoms with E-state index in [1.165, 1.54) is 6.21 Å². The molecule has 4 rings (SSSR count). The van der Waals surface area contributed by atoms with Gasteiger partial charge in [0.2, 0.25) is 6.79 Å². The summed E-state index contributed by atoms with van der Waals surface area (Å²) in [6.45, 7) is 0.151. The molecule has 2 heterocycles. The number of ether oxygens (including phenoxy) is 4. The van der Waals surface area contributed by atoms with E-state index in [0.717, 1.165) is 11.3 Å². The van der Waals surface area contributed by atoms with Gasteiger partial charge in [-0.3, -0.25) is 9.89 Å². The Morgan fingerprint density at radius 3 is 2.79 bits per heavy atom. The highest BCUT2D eigenvalue weighted by molar-refractivity contribution is 5.96. The average Bonchev–Trinajstić information content (AvgIpc) is 3.41. The van der Waals surface area contributed by atoms with Gasteiger partial charge in [0.05, 0.1) is 32.3 Å². The molecule has 1 aliphatic rings. The summed E-state index contributed by atoms with van der Waals surface area (Å²) < 4.78 is 21.1. The van der Waals surface area contributed by atoms with Crippen LogP contribution in [0.4, 0.5) is 0 Å². The number of aromatic amines is 1. The van der Waals surface area contributed by atoms with Crippen LogP contribution in [0.15, 0.2) is 47.7 Å². The Balaban J connectivity index is 1.49. The van der Waals surface area contributed by atoms with Crippen LogP contribution in [0.1, 0.15) is 15.9 Å². The van der Waals surface area contributed by atoms with Gasteiger partial charge in [0, 0.05) is 16.7 Å². The molecule has 0 unspecified atom stereocenters. The number of benzene rings is 2. The van der Waals surface area contributed by atoms with E-state index in [4.69, 9.17) is 18.9 Å². The van der Waals surface area contributed by atoms with Crippen LogP contribution in [0.2, 0.25) is 0 Å². The summed E-state index contributed by atoms with van der Waals surface area (Å²) in [6, 6.07) is 10.4. The Morgan fingerprint density at radius 1 is 1.14 bits per heavy atom. The number of methoxy groups -OCH3 is 2. The van der Waals surface area contributed by atoms with Crippen molar-refractivity contribution in [2.45, 2.75) is 0 Å². The number of nitrogens with zero attached hydrogens (tertiary/aromatic N) is 2. The fraction of sp³-hybridized carbons (Fsp3) is 0.150. The van der Waals surface area contributed by atoms with Crippen LogP contribution in [0.3, 0.4) is 0 Å². The SMILES string of the molecule is COc1ccc(-c2[nH]ncc2C=NNC(=O)c2ccc3c(c2)OCO3)cc1OC. The maximum Gasteiger partial charge on any atom is 0.271 e. The first-order valence-corrected chi connectivity index (χ1v) is 8.68. The van der Waals surface area contributed by atoms with Crippen LogP contribution in [-0.4, -0.2) is 43.3 Å². The molecule has 2 aromatic carbocycles. The summed E-state index contributed by atoms with van der Waals surface area (Å²) in [5, 5.41) is 11.0. The number of amides is 1. The van der Waals surface area contributed by atoms with E-state index < -0.39 is 0 Å². The third-order valence-electron chi connectivity index (χ3n) is 4.35. The smallest absolute Gasteiger partial charge is 0.271 e. The number of aromatic nitrogens is 2. The van der Waals surface area contributed by atoms with Crippen molar-refractivity contribution in [3.8, 4) is 34.3 Å². The second kappa shape index (κ2) is 7.93. The summed E-state index contributed by atoms with van der Waals surface area (Å²) >= 11 is 0. The highest BCUT2D eigenvalue weighted by atomic mass is 16.7. The zero-order valence-electron chi connectivity index (χ0n) is 15.8. The van der Waals surface area contributed by atoms with Gasteiger partial charge >= 0.3 is 0 Å². The first-order valence-electron chi connectivity index (χ1n) is 8.68. The van der Waals surface area contributed by atoms with E-state index in [2.05, 4.69) is 20.7 Å². The molecule has 0 spiro atoms. The Bertz CT molecular complexity index is 1080. The number of hydrazone groups is 1. The van der Waals surface area contributed by atoms with Gasteiger partial charge in [-0.05, 0) is 36.4 Å². The maximum atomic E-state index is 12.3. The van der Waals surface area contributed by atoms with E-state index in [9.17, 15) is 4.79 Å². The van der Waals surface area contributed by atoms with Crippen LogP contribution >= 0.6 is 0 Å². The fourth-order valence-corrected chi connectivity index (χ4v) is 2.88. The molecule has 9 heteroatoms. The van der Waals surface area contributed by atoms with Gasteiger partial charge in [-0.1, -0.05) is 0 Å². The highest BCUT2D eigenvalue weighted by Gasteiger charge is 2.16. The molecule has 3 aromatic rings. The topological polar surface area (TPSA) is 107 Å². The first-order chi connectivity index (χ1) is 14.2. The zero-order chi connectivity index (χ0) is 20.2. The van der Waals surface area contributed by atoms with Crippen molar-refractivity contribution in [3.63, 3.8) is 0 Å². The van der Waals surface area contributed by atoms with Crippen molar-refractivity contribution >= 4 is 12.1 Å². The molecule has 0 saturated heterocycles. The van der Waals surface area contributed by atoms with Crippen LogP contribution in [0.25, 0.3) is 11.3 Å². The van der Waals surface area contributed by atoms with E-state index in [-0.39, 0.29) is 12.7 Å². The molecule has 1 aliphatic heterocycles. The van der Waals surface area contributed by atoms with Gasteiger partial charge in [-0.2, -0.15) is 10.2 Å². The second-order valence-corrected chi connectivity index (χ2v) is 6.04. The van der Waals surface area contributed by atoms with Gasteiger partial charge in [0.15, 0.2) is 23.0 Å². The molecule has 0 saturated carbocycles. The zero-order valence-corrected chi connectivity index (χ0v) is 15.8. The number of nitrogens with one attached hydrogen (secondary N) is 2. The van der Waals surface area contributed by atoms with Crippen LogP contribution in [0, 0.1) is 0 Å².